The number of H-pyrrole nitrogens is 1. The number of aromatic amines is 1. The van der Waals surface area contributed by atoms with Crippen LogP contribution in [0.1, 0.15) is 13.3 Å². The Balaban J connectivity index is 1.28. The third-order valence-corrected chi connectivity index (χ3v) is 6.61. The van der Waals surface area contributed by atoms with Crippen molar-refractivity contribution >= 4 is 28.6 Å². The first-order valence-electron chi connectivity index (χ1n) is 11.3. The molecule has 1 fully saturated rings. The molecule has 2 aromatic heterocycles. The summed E-state index contributed by atoms with van der Waals surface area (Å²) in [6, 6.07) is 20.3. The van der Waals surface area contributed by atoms with E-state index in [-0.39, 0.29) is 12.1 Å². The lowest BCUT2D eigenvalue weighted by molar-refractivity contribution is 0.172. The molecule has 5 rings (SSSR count). The highest BCUT2D eigenvalue weighted by molar-refractivity contribution is 5.90. The van der Waals surface area contributed by atoms with Crippen LogP contribution >= 0.6 is 0 Å². The minimum atomic E-state index is -0.0674. The number of hydrogen-bond donors (Lipinski definition) is 2. The van der Waals surface area contributed by atoms with Crippen LogP contribution in [0.2, 0.25) is 0 Å². The van der Waals surface area contributed by atoms with Crippen LogP contribution in [0.4, 0.5) is 16.3 Å². The first-order valence-corrected chi connectivity index (χ1v) is 11.3. The Morgan fingerprint density at radius 2 is 1.82 bits per heavy atom. The van der Waals surface area contributed by atoms with Gasteiger partial charge in [0.1, 0.15) is 17.8 Å². The number of aromatic nitrogens is 3. The molecule has 0 saturated carbocycles. The zero-order chi connectivity index (χ0) is 22.8. The first kappa shape index (κ1) is 21.0. The topological polar surface area (TPSA) is 77.2 Å². The van der Waals surface area contributed by atoms with Gasteiger partial charge in [-0.25, -0.2) is 14.8 Å². The monoisotopic (exact) mass is 440 g/mol. The number of anilines is 2. The minimum absolute atomic E-state index is 0.0674. The second kappa shape index (κ2) is 8.94. The van der Waals surface area contributed by atoms with Crippen molar-refractivity contribution in [1.82, 2.24) is 19.9 Å². The van der Waals surface area contributed by atoms with E-state index < -0.39 is 0 Å². The van der Waals surface area contributed by atoms with E-state index in [4.69, 9.17) is 0 Å². The maximum Gasteiger partial charge on any atom is 0.321 e. The van der Waals surface area contributed by atoms with E-state index in [1.54, 1.807) is 6.33 Å². The van der Waals surface area contributed by atoms with Crippen molar-refractivity contribution in [1.29, 1.82) is 0 Å². The molecule has 2 aromatic carbocycles. The summed E-state index contributed by atoms with van der Waals surface area (Å²) < 4.78 is 0. The molecule has 0 spiro atoms. The summed E-state index contributed by atoms with van der Waals surface area (Å²) >= 11 is 0. The summed E-state index contributed by atoms with van der Waals surface area (Å²) in [5.74, 6) is 1.32. The molecule has 2 N–H and O–H groups in total. The van der Waals surface area contributed by atoms with Gasteiger partial charge in [0.2, 0.25) is 0 Å². The maximum atomic E-state index is 13.1. The van der Waals surface area contributed by atoms with Gasteiger partial charge >= 0.3 is 6.03 Å². The van der Waals surface area contributed by atoms with Gasteiger partial charge < -0.3 is 20.1 Å². The van der Waals surface area contributed by atoms with Crippen molar-refractivity contribution in [3.8, 4) is 11.1 Å². The standard InChI is InChI=1S/C26H28N6O/c1-18-13-15-32(16-23(18)31(2)25-22-12-14-27-24(22)28-17-29-25)26(33)30-21-10-8-20(9-11-21)19-6-4-3-5-7-19/h3-12,14,17-18,23H,13,15-16H2,1-2H3,(H,30,33)(H,27,28,29). The molecule has 1 aliphatic heterocycles. The van der Waals surface area contributed by atoms with Crippen LogP contribution in [-0.4, -0.2) is 52.1 Å². The molecule has 0 aliphatic carbocycles. The highest BCUT2D eigenvalue weighted by Crippen LogP contribution is 2.29. The van der Waals surface area contributed by atoms with Crippen molar-refractivity contribution < 1.29 is 4.79 Å². The van der Waals surface area contributed by atoms with Crippen molar-refractivity contribution in [3.05, 3.63) is 73.2 Å². The van der Waals surface area contributed by atoms with Gasteiger partial charge in [0.25, 0.3) is 0 Å². The highest BCUT2D eigenvalue weighted by atomic mass is 16.2. The fourth-order valence-corrected chi connectivity index (χ4v) is 4.61. The molecule has 0 bridgehead atoms. The summed E-state index contributed by atoms with van der Waals surface area (Å²) in [5, 5.41) is 4.06. The van der Waals surface area contributed by atoms with Crippen molar-refractivity contribution in [2.75, 3.05) is 30.4 Å². The smallest absolute Gasteiger partial charge is 0.321 e. The molecule has 1 saturated heterocycles. The molecule has 2 unspecified atom stereocenters. The summed E-state index contributed by atoms with van der Waals surface area (Å²) in [7, 11) is 2.06. The first-order chi connectivity index (χ1) is 16.1. The summed E-state index contributed by atoms with van der Waals surface area (Å²) in [6.45, 7) is 3.62. The number of fused-ring (bicyclic) bond motifs is 1. The van der Waals surface area contributed by atoms with Crippen LogP contribution in [0.25, 0.3) is 22.2 Å². The van der Waals surface area contributed by atoms with Gasteiger partial charge in [0, 0.05) is 32.0 Å². The Morgan fingerprint density at radius 3 is 2.61 bits per heavy atom. The Kier molecular flexibility index (Phi) is 5.69. The maximum absolute atomic E-state index is 13.1. The van der Waals surface area contributed by atoms with Gasteiger partial charge in [-0.15, -0.1) is 0 Å². The Morgan fingerprint density at radius 1 is 1.06 bits per heavy atom. The molecular formula is C26H28N6O. The normalized spacial score (nSPS) is 18.3. The fraction of sp³-hybridized carbons (Fsp3) is 0.269. The van der Waals surface area contributed by atoms with Crippen molar-refractivity contribution in [2.24, 2.45) is 5.92 Å². The van der Waals surface area contributed by atoms with Crippen LogP contribution in [-0.2, 0) is 0 Å². The molecule has 33 heavy (non-hydrogen) atoms. The molecular weight excluding hydrogens is 412 g/mol. The number of nitrogens with one attached hydrogen (secondary N) is 2. The number of piperidine rings is 1. The summed E-state index contributed by atoms with van der Waals surface area (Å²) in [6.07, 6.45) is 4.41. The quantitative estimate of drug-likeness (QED) is 0.468. The van der Waals surface area contributed by atoms with Gasteiger partial charge in [-0.1, -0.05) is 49.4 Å². The Labute approximate surface area is 193 Å². The predicted octanol–water partition coefficient (Wildman–Crippen LogP) is 5.00. The molecule has 4 aromatic rings. The SMILES string of the molecule is CC1CCN(C(=O)Nc2ccc(-c3ccccc3)cc2)CC1N(C)c1ncnc2[nH]ccc12. The molecule has 168 valence electrons. The van der Waals surface area contributed by atoms with Crippen LogP contribution in [0, 0.1) is 5.92 Å². The molecule has 2 atom stereocenters. The number of likely N-dealkylation sites (N-methyl/N-ethyl adjacent to an activating group) is 1. The molecule has 7 heteroatoms. The lowest BCUT2D eigenvalue weighted by Crippen LogP contribution is -2.53. The number of urea groups is 1. The molecule has 1 aliphatic rings. The van der Waals surface area contributed by atoms with E-state index >= 15 is 0 Å². The lowest BCUT2D eigenvalue weighted by Gasteiger charge is -2.42. The van der Waals surface area contributed by atoms with Gasteiger partial charge in [-0.05, 0) is 41.7 Å². The molecule has 2 amide bonds. The zero-order valence-corrected chi connectivity index (χ0v) is 18.9. The molecule has 3 heterocycles. The molecule has 0 radical (unpaired) electrons. The third kappa shape index (κ3) is 4.26. The average molecular weight is 441 g/mol. The lowest BCUT2D eigenvalue weighted by atomic mass is 9.92. The zero-order valence-electron chi connectivity index (χ0n) is 18.9. The van der Waals surface area contributed by atoms with E-state index in [1.807, 2.05) is 59.6 Å². The van der Waals surface area contributed by atoms with Gasteiger partial charge in [0.15, 0.2) is 0 Å². The Bertz CT molecular complexity index is 1240. The number of likely N-dealkylation sites (tertiary alicyclic amines) is 1. The number of nitrogens with zero attached hydrogens (tertiary/aromatic N) is 4. The average Bonchev–Trinajstić information content (AvgIpc) is 3.34. The van der Waals surface area contributed by atoms with Crippen LogP contribution < -0.4 is 10.2 Å². The number of carbonyl (C=O) groups excluding carboxylic acids is 1. The number of amides is 2. The summed E-state index contributed by atoms with van der Waals surface area (Å²) in [5.41, 5.74) is 3.91. The van der Waals surface area contributed by atoms with E-state index in [2.05, 4.69) is 51.3 Å². The highest BCUT2D eigenvalue weighted by Gasteiger charge is 2.32. The Hall–Kier alpha value is -3.87. The van der Waals surface area contributed by atoms with Crippen molar-refractivity contribution in [3.63, 3.8) is 0 Å². The van der Waals surface area contributed by atoms with Crippen LogP contribution in [0.15, 0.2) is 73.2 Å². The molecule has 7 nitrogen and oxygen atoms in total. The van der Waals surface area contributed by atoms with E-state index in [9.17, 15) is 4.79 Å². The van der Waals surface area contributed by atoms with Gasteiger partial charge in [-0.2, -0.15) is 0 Å². The van der Waals surface area contributed by atoms with E-state index in [0.29, 0.717) is 12.5 Å². The predicted molar refractivity (Wildman–Crippen MR) is 132 cm³/mol. The largest absolute Gasteiger partial charge is 0.354 e. The fourth-order valence-electron chi connectivity index (χ4n) is 4.61. The number of hydrogen-bond acceptors (Lipinski definition) is 4. The third-order valence-electron chi connectivity index (χ3n) is 6.61. The van der Waals surface area contributed by atoms with Crippen molar-refractivity contribution in [2.45, 2.75) is 19.4 Å². The van der Waals surface area contributed by atoms with Crippen LogP contribution in [0.3, 0.4) is 0 Å². The number of carbonyl (C=O) groups is 1. The summed E-state index contributed by atoms with van der Waals surface area (Å²) in [4.78, 5) is 29.1. The second-order valence-corrected chi connectivity index (χ2v) is 8.70. The van der Waals surface area contributed by atoms with Gasteiger partial charge in [0.05, 0.1) is 11.4 Å². The minimum Gasteiger partial charge on any atom is -0.354 e. The second-order valence-electron chi connectivity index (χ2n) is 8.70. The van der Waals surface area contributed by atoms with E-state index in [1.165, 1.54) is 0 Å². The number of benzene rings is 2. The number of rotatable bonds is 4. The van der Waals surface area contributed by atoms with Crippen LogP contribution in [0.5, 0.6) is 0 Å². The van der Waals surface area contributed by atoms with E-state index in [0.717, 1.165) is 46.6 Å². The van der Waals surface area contributed by atoms with Gasteiger partial charge in [-0.3, -0.25) is 0 Å².